The number of nitrogens with one attached hydrogen (secondary N) is 1. The Morgan fingerprint density at radius 1 is 1.37 bits per heavy atom. The van der Waals surface area contributed by atoms with Crippen LogP contribution in [-0.4, -0.2) is 40.1 Å². The number of hydrogen-bond acceptors (Lipinski definition) is 4. The van der Waals surface area contributed by atoms with Crippen LogP contribution in [0.4, 0.5) is 14.5 Å². The molecule has 0 spiro atoms. The third kappa shape index (κ3) is 3.54. The molecule has 1 aliphatic rings. The van der Waals surface area contributed by atoms with Gasteiger partial charge < -0.3 is 10.4 Å². The summed E-state index contributed by atoms with van der Waals surface area (Å²) in [5, 5.41) is 11.9. The van der Waals surface area contributed by atoms with Crippen molar-refractivity contribution in [2.75, 3.05) is 29.1 Å². The minimum atomic E-state index is -1.47. The first-order valence-corrected chi connectivity index (χ1v) is 7.94. The number of rotatable bonds is 4. The highest BCUT2D eigenvalue weighted by Crippen LogP contribution is 2.26. The molecule has 1 fully saturated rings. The van der Waals surface area contributed by atoms with Gasteiger partial charge in [-0.2, -0.15) is 23.5 Å². The van der Waals surface area contributed by atoms with Crippen LogP contribution in [0.15, 0.2) is 12.1 Å². The molecule has 7 heteroatoms. The van der Waals surface area contributed by atoms with Gasteiger partial charge in [0.05, 0.1) is 11.3 Å². The van der Waals surface area contributed by atoms with Gasteiger partial charge >= 0.3 is 5.97 Å². The fraction of sp³-hybridized carbons (Fsp3) is 0.417. The van der Waals surface area contributed by atoms with Gasteiger partial charge in [-0.25, -0.2) is 13.6 Å². The van der Waals surface area contributed by atoms with Gasteiger partial charge in [-0.3, -0.25) is 0 Å². The zero-order chi connectivity index (χ0) is 13.8. The fourth-order valence-corrected chi connectivity index (χ4v) is 4.34. The number of benzene rings is 1. The molecule has 0 aromatic heterocycles. The van der Waals surface area contributed by atoms with Crippen molar-refractivity contribution < 1.29 is 18.7 Å². The highest BCUT2D eigenvalue weighted by Gasteiger charge is 2.19. The van der Waals surface area contributed by atoms with E-state index in [1.807, 2.05) is 11.8 Å². The average Bonchev–Trinajstić information content (AvgIpc) is 2.41. The Labute approximate surface area is 118 Å². The molecule has 0 amide bonds. The molecule has 1 heterocycles. The molecule has 0 radical (unpaired) electrons. The lowest BCUT2D eigenvalue weighted by Crippen LogP contribution is -2.23. The van der Waals surface area contributed by atoms with Crippen molar-refractivity contribution >= 4 is 35.2 Å². The van der Waals surface area contributed by atoms with E-state index in [1.54, 1.807) is 11.8 Å². The summed E-state index contributed by atoms with van der Waals surface area (Å²) < 4.78 is 27.1. The van der Waals surface area contributed by atoms with Crippen molar-refractivity contribution in [3.05, 3.63) is 29.3 Å². The molecule has 3 nitrogen and oxygen atoms in total. The van der Waals surface area contributed by atoms with Crippen molar-refractivity contribution in [1.82, 2.24) is 0 Å². The molecule has 1 atom stereocenters. The monoisotopic (exact) mass is 305 g/mol. The van der Waals surface area contributed by atoms with Gasteiger partial charge in [0, 0.05) is 29.1 Å². The molecule has 1 aliphatic heterocycles. The van der Waals surface area contributed by atoms with Gasteiger partial charge in [0.25, 0.3) is 0 Å². The lowest BCUT2D eigenvalue weighted by atomic mass is 10.2. The maximum Gasteiger partial charge on any atom is 0.338 e. The number of carboxylic acids is 1. The third-order valence-corrected chi connectivity index (χ3v) is 5.56. The van der Waals surface area contributed by atoms with Crippen LogP contribution in [0.3, 0.4) is 0 Å². The van der Waals surface area contributed by atoms with E-state index < -0.39 is 23.2 Å². The van der Waals surface area contributed by atoms with Crippen LogP contribution in [0.25, 0.3) is 0 Å². The third-order valence-electron chi connectivity index (χ3n) is 2.72. The molecular formula is C12H13F2NO2S2. The average molecular weight is 305 g/mol. The number of thioether (sulfide) groups is 2. The van der Waals surface area contributed by atoms with Crippen LogP contribution in [-0.2, 0) is 0 Å². The second-order valence-corrected chi connectivity index (χ2v) is 6.60. The van der Waals surface area contributed by atoms with Crippen molar-refractivity contribution in [2.24, 2.45) is 0 Å². The van der Waals surface area contributed by atoms with E-state index in [-0.39, 0.29) is 5.69 Å². The summed E-state index contributed by atoms with van der Waals surface area (Å²) in [6, 6.07) is 2.34. The Balaban J connectivity index is 2.04. The van der Waals surface area contributed by atoms with E-state index in [0.717, 1.165) is 23.3 Å². The zero-order valence-corrected chi connectivity index (χ0v) is 11.6. The molecule has 1 unspecified atom stereocenters. The topological polar surface area (TPSA) is 49.3 Å². The Bertz CT molecular complexity index is 479. The standard InChI is InChI=1S/C12H13F2NO2S2/c13-10-8(12(16)17)1-2-9(11(10)14)15-5-7-6-18-3-4-19-7/h1-2,7,15H,3-6H2,(H,16,17). The normalized spacial score (nSPS) is 19.2. The smallest absolute Gasteiger partial charge is 0.338 e. The Hall–Kier alpha value is -0.950. The van der Waals surface area contributed by atoms with Crippen LogP contribution >= 0.6 is 23.5 Å². The Morgan fingerprint density at radius 3 is 2.79 bits per heavy atom. The maximum atomic E-state index is 13.7. The number of aromatic carboxylic acids is 1. The van der Waals surface area contributed by atoms with Gasteiger partial charge in [-0.1, -0.05) is 0 Å². The maximum absolute atomic E-state index is 13.7. The summed E-state index contributed by atoms with van der Waals surface area (Å²) in [5.41, 5.74) is -0.635. The largest absolute Gasteiger partial charge is 0.478 e. The van der Waals surface area contributed by atoms with Crippen LogP contribution in [0, 0.1) is 11.6 Å². The highest BCUT2D eigenvalue weighted by molar-refractivity contribution is 8.06. The van der Waals surface area contributed by atoms with Crippen LogP contribution in [0.1, 0.15) is 10.4 Å². The number of hydrogen-bond donors (Lipinski definition) is 2. The van der Waals surface area contributed by atoms with Gasteiger partial charge in [-0.15, -0.1) is 0 Å². The Morgan fingerprint density at radius 2 is 2.16 bits per heavy atom. The summed E-state index contributed by atoms with van der Waals surface area (Å²) in [5.74, 6) is -0.753. The van der Waals surface area contributed by atoms with Crippen LogP contribution in [0.5, 0.6) is 0 Å². The molecule has 2 rings (SSSR count). The second-order valence-electron chi connectivity index (χ2n) is 4.04. The molecule has 0 bridgehead atoms. The SMILES string of the molecule is O=C(O)c1ccc(NCC2CSCCS2)c(F)c1F. The summed E-state index contributed by atoms with van der Waals surface area (Å²) >= 11 is 3.65. The number of carboxylic acid groups (broad SMARTS) is 1. The predicted octanol–water partition coefficient (Wildman–Crippen LogP) is 2.92. The second kappa shape index (κ2) is 6.47. The van der Waals surface area contributed by atoms with Crippen molar-refractivity contribution in [1.29, 1.82) is 0 Å². The number of carbonyl (C=O) groups is 1. The van der Waals surface area contributed by atoms with Crippen molar-refractivity contribution in [3.8, 4) is 0 Å². The van der Waals surface area contributed by atoms with Crippen molar-refractivity contribution in [3.63, 3.8) is 0 Å². The van der Waals surface area contributed by atoms with E-state index in [1.165, 1.54) is 6.07 Å². The molecule has 1 aromatic carbocycles. The zero-order valence-electron chi connectivity index (χ0n) is 9.99. The van der Waals surface area contributed by atoms with Gasteiger partial charge in [0.1, 0.15) is 0 Å². The molecule has 0 saturated carbocycles. The first-order chi connectivity index (χ1) is 9.09. The highest BCUT2D eigenvalue weighted by atomic mass is 32.2. The van der Waals surface area contributed by atoms with E-state index in [2.05, 4.69) is 5.32 Å². The van der Waals surface area contributed by atoms with E-state index in [4.69, 9.17) is 5.11 Å². The van der Waals surface area contributed by atoms with Crippen molar-refractivity contribution in [2.45, 2.75) is 5.25 Å². The first-order valence-electron chi connectivity index (χ1n) is 5.74. The molecule has 1 aromatic rings. The van der Waals surface area contributed by atoms with E-state index in [9.17, 15) is 13.6 Å². The minimum absolute atomic E-state index is 0.0127. The van der Waals surface area contributed by atoms with Gasteiger partial charge in [0.2, 0.25) is 0 Å². The van der Waals surface area contributed by atoms with E-state index >= 15 is 0 Å². The Kier molecular flexibility index (Phi) is 4.93. The first kappa shape index (κ1) is 14.5. The summed E-state index contributed by atoms with van der Waals surface area (Å²) in [7, 11) is 0. The number of anilines is 1. The van der Waals surface area contributed by atoms with Crippen LogP contribution in [0.2, 0.25) is 0 Å². The number of halogens is 2. The van der Waals surface area contributed by atoms with Crippen LogP contribution < -0.4 is 5.32 Å². The molecule has 1 saturated heterocycles. The quantitative estimate of drug-likeness (QED) is 0.896. The van der Waals surface area contributed by atoms with Gasteiger partial charge in [-0.05, 0) is 12.1 Å². The molecular weight excluding hydrogens is 292 g/mol. The lowest BCUT2D eigenvalue weighted by molar-refractivity contribution is 0.0690. The summed E-state index contributed by atoms with van der Waals surface area (Å²) in [6.07, 6.45) is 0. The molecule has 19 heavy (non-hydrogen) atoms. The molecule has 0 aliphatic carbocycles. The summed E-state index contributed by atoms with van der Waals surface area (Å²) in [6.45, 7) is 0.542. The predicted molar refractivity (Wildman–Crippen MR) is 75.4 cm³/mol. The fourth-order valence-electron chi connectivity index (χ4n) is 1.73. The molecule has 2 N–H and O–H groups in total. The van der Waals surface area contributed by atoms with E-state index in [0.29, 0.717) is 11.8 Å². The lowest BCUT2D eigenvalue weighted by Gasteiger charge is -2.21. The summed E-state index contributed by atoms with van der Waals surface area (Å²) in [4.78, 5) is 10.7. The minimum Gasteiger partial charge on any atom is -0.478 e. The van der Waals surface area contributed by atoms with Gasteiger partial charge in [0.15, 0.2) is 11.6 Å². The molecule has 104 valence electrons.